The summed E-state index contributed by atoms with van der Waals surface area (Å²) in [5, 5.41) is 9.43. The van der Waals surface area contributed by atoms with E-state index in [9.17, 15) is 13.9 Å². The Kier molecular flexibility index (Phi) is 2.33. The van der Waals surface area contributed by atoms with Crippen molar-refractivity contribution in [2.75, 3.05) is 0 Å². The molecule has 0 spiro atoms. The van der Waals surface area contributed by atoms with E-state index in [0.29, 0.717) is 11.8 Å². The molecule has 3 rings (SSSR count). The van der Waals surface area contributed by atoms with Gasteiger partial charge in [-0.25, -0.2) is 8.78 Å². The lowest BCUT2D eigenvalue weighted by molar-refractivity contribution is -0.162. The topological polar surface area (TPSA) is 20.2 Å². The van der Waals surface area contributed by atoms with Crippen LogP contribution in [0.1, 0.15) is 33.1 Å². The number of hydrogen-bond donors (Lipinski definition) is 1. The van der Waals surface area contributed by atoms with Crippen LogP contribution in [0.25, 0.3) is 0 Å². The molecule has 0 saturated heterocycles. The van der Waals surface area contributed by atoms with Crippen molar-refractivity contribution >= 4 is 0 Å². The quantitative estimate of drug-likeness (QED) is 0.733. The lowest BCUT2D eigenvalue weighted by Crippen LogP contribution is -2.56. The van der Waals surface area contributed by atoms with Crippen molar-refractivity contribution in [3.63, 3.8) is 0 Å². The second-order valence-electron chi connectivity index (χ2n) is 5.43. The van der Waals surface area contributed by atoms with Crippen LogP contribution in [0.5, 0.6) is 0 Å². The van der Waals surface area contributed by atoms with Gasteiger partial charge in [-0.1, -0.05) is 13.8 Å². The van der Waals surface area contributed by atoms with Crippen molar-refractivity contribution in [1.29, 1.82) is 0 Å². The third-order valence-electron chi connectivity index (χ3n) is 4.61. The van der Waals surface area contributed by atoms with Gasteiger partial charge in [0.25, 0.3) is 6.43 Å². The van der Waals surface area contributed by atoms with Crippen LogP contribution in [0.3, 0.4) is 0 Å². The molecule has 1 N–H and O–H groups in total. The van der Waals surface area contributed by atoms with Gasteiger partial charge in [0, 0.05) is 0 Å². The molecule has 2 bridgehead atoms. The number of fused-ring (bicyclic) bond motifs is 2. The van der Waals surface area contributed by atoms with Crippen LogP contribution >= 0.6 is 0 Å². The minimum atomic E-state index is -2.58. The zero-order valence-corrected chi connectivity index (χ0v) is 8.71. The van der Waals surface area contributed by atoms with Gasteiger partial charge in [-0.05, 0) is 42.4 Å². The molecule has 0 amide bonds. The SMILES string of the molecule is CC1(C)C2CCC(C(O)C(F)F)C1C2. The summed E-state index contributed by atoms with van der Waals surface area (Å²) in [6.07, 6.45) is -1.14. The third-order valence-corrected chi connectivity index (χ3v) is 4.61. The summed E-state index contributed by atoms with van der Waals surface area (Å²) >= 11 is 0. The molecule has 3 heteroatoms. The Labute approximate surface area is 83.5 Å². The van der Waals surface area contributed by atoms with E-state index in [1.54, 1.807) is 0 Å². The fraction of sp³-hybridized carbons (Fsp3) is 1.00. The van der Waals surface area contributed by atoms with E-state index in [2.05, 4.69) is 13.8 Å². The number of aliphatic hydroxyl groups excluding tert-OH is 1. The molecular weight excluding hydrogens is 186 g/mol. The lowest BCUT2D eigenvalue weighted by Gasteiger charge is -2.60. The molecule has 4 unspecified atom stereocenters. The molecule has 3 aliphatic rings. The highest BCUT2D eigenvalue weighted by Gasteiger charge is 2.56. The first-order valence-electron chi connectivity index (χ1n) is 5.40. The van der Waals surface area contributed by atoms with Crippen molar-refractivity contribution in [1.82, 2.24) is 0 Å². The van der Waals surface area contributed by atoms with Gasteiger partial charge in [-0.15, -0.1) is 0 Å². The smallest absolute Gasteiger partial charge is 0.264 e. The molecule has 0 aromatic rings. The maximum Gasteiger partial charge on any atom is 0.264 e. The molecular formula is C11H18F2O. The number of rotatable bonds is 2. The lowest BCUT2D eigenvalue weighted by atomic mass is 9.45. The Morgan fingerprint density at radius 1 is 1.29 bits per heavy atom. The van der Waals surface area contributed by atoms with Crippen LogP contribution < -0.4 is 0 Å². The van der Waals surface area contributed by atoms with E-state index < -0.39 is 12.5 Å². The number of alkyl halides is 2. The summed E-state index contributed by atoms with van der Waals surface area (Å²) in [5.41, 5.74) is 0.179. The van der Waals surface area contributed by atoms with Gasteiger partial charge in [0.15, 0.2) is 0 Å². The van der Waals surface area contributed by atoms with Crippen LogP contribution in [-0.2, 0) is 0 Å². The summed E-state index contributed by atoms with van der Waals surface area (Å²) in [6, 6.07) is 0. The van der Waals surface area contributed by atoms with Crippen LogP contribution in [0, 0.1) is 23.2 Å². The van der Waals surface area contributed by atoms with Crippen molar-refractivity contribution in [2.45, 2.75) is 45.6 Å². The third kappa shape index (κ3) is 1.28. The Morgan fingerprint density at radius 2 is 1.93 bits per heavy atom. The van der Waals surface area contributed by atoms with E-state index in [1.807, 2.05) is 0 Å². The standard InChI is InChI=1S/C11H18F2O/c1-11(2)6-3-4-7(8(11)5-6)9(14)10(12)13/h6-10,14H,3-5H2,1-2H3. The number of hydrogen-bond acceptors (Lipinski definition) is 1. The molecule has 4 atom stereocenters. The second-order valence-corrected chi connectivity index (χ2v) is 5.43. The minimum absolute atomic E-state index is 0.171. The molecule has 3 aliphatic carbocycles. The van der Waals surface area contributed by atoms with Crippen LogP contribution in [0.2, 0.25) is 0 Å². The summed E-state index contributed by atoms with van der Waals surface area (Å²) in [7, 11) is 0. The minimum Gasteiger partial charge on any atom is -0.387 e. The highest BCUT2D eigenvalue weighted by atomic mass is 19.3. The maximum atomic E-state index is 12.4. The fourth-order valence-electron chi connectivity index (χ4n) is 3.46. The van der Waals surface area contributed by atoms with E-state index in [1.165, 1.54) is 0 Å². The first-order valence-corrected chi connectivity index (χ1v) is 5.40. The normalized spacial score (nSPS) is 42.0. The van der Waals surface area contributed by atoms with Gasteiger partial charge >= 0.3 is 0 Å². The van der Waals surface area contributed by atoms with Gasteiger partial charge in [0.2, 0.25) is 0 Å². The first kappa shape index (κ1) is 10.3. The average Bonchev–Trinajstić information content (AvgIpc) is 2.16. The van der Waals surface area contributed by atoms with Crippen LogP contribution in [0.15, 0.2) is 0 Å². The Hall–Kier alpha value is -0.180. The van der Waals surface area contributed by atoms with Gasteiger partial charge in [-0.3, -0.25) is 0 Å². The van der Waals surface area contributed by atoms with E-state index in [-0.39, 0.29) is 11.3 Å². The Morgan fingerprint density at radius 3 is 2.36 bits per heavy atom. The summed E-state index contributed by atoms with van der Waals surface area (Å²) in [5.74, 6) is 0.842. The average molecular weight is 204 g/mol. The fourth-order valence-corrected chi connectivity index (χ4v) is 3.46. The summed E-state index contributed by atoms with van der Waals surface area (Å²) in [6.45, 7) is 4.30. The van der Waals surface area contributed by atoms with Crippen molar-refractivity contribution < 1.29 is 13.9 Å². The predicted octanol–water partition coefficient (Wildman–Crippen LogP) is 2.68. The molecule has 0 aliphatic heterocycles. The summed E-state index contributed by atoms with van der Waals surface area (Å²) in [4.78, 5) is 0. The van der Waals surface area contributed by atoms with E-state index in [0.717, 1.165) is 19.3 Å². The molecule has 0 aromatic carbocycles. The first-order chi connectivity index (χ1) is 6.44. The molecule has 0 radical (unpaired) electrons. The highest BCUT2D eigenvalue weighted by molar-refractivity contribution is 5.04. The molecule has 0 aromatic heterocycles. The number of aliphatic hydroxyl groups is 1. The molecule has 14 heavy (non-hydrogen) atoms. The molecule has 82 valence electrons. The maximum absolute atomic E-state index is 12.4. The second kappa shape index (κ2) is 3.16. The zero-order valence-electron chi connectivity index (χ0n) is 8.71. The van der Waals surface area contributed by atoms with E-state index in [4.69, 9.17) is 0 Å². The van der Waals surface area contributed by atoms with Crippen LogP contribution in [-0.4, -0.2) is 17.6 Å². The predicted molar refractivity (Wildman–Crippen MR) is 50.1 cm³/mol. The van der Waals surface area contributed by atoms with Gasteiger partial charge in [-0.2, -0.15) is 0 Å². The molecule has 3 fully saturated rings. The van der Waals surface area contributed by atoms with Crippen molar-refractivity contribution in [2.24, 2.45) is 23.2 Å². The van der Waals surface area contributed by atoms with E-state index >= 15 is 0 Å². The van der Waals surface area contributed by atoms with Gasteiger partial charge in [0.1, 0.15) is 6.10 Å². The Bertz CT molecular complexity index is 225. The highest BCUT2D eigenvalue weighted by Crippen LogP contribution is 2.62. The Balaban J connectivity index is 2.07. The van der Waals surface area contributed by atoms with Gasteiger partial charge < -0.3 is 5.11 Å². The largest absolute Gasteiger partial charge is 0.387 e. The molecule has 3 saturated carbocycles. The monoisotopic (exact) mass is 204 g/mol. The number of halogens is 2. The van der Waals surface area contributed by atoms with Crippen molar-refractivity contribution in [3.05, 3.63) is 0 Å². The molecule has 0 heterocycles. The molecule has 1 nitrogen and oxygen atoms in total. The van der Waals surface area contributed by atoms with Gasteiger partial charge in [0.05, 0.1) is 0 Å². The zero-order chi connectivity index (χ0) is 10.5. The van der Waals surface area contributed by atoms with Crippen LogP contribution in [0.4, 0.5) is 8.78 Å². The van der Waals surface area contributed by atoms with Crippen molar-refractivity contribution in [3.8, 4) is 0 Å². The summed E-state index contributed by atoms with van der Waals surface area (Å²) < 4.78 is 24.8.